The van der Waals surface area contributed by atoms with Crippen molar-refractivity contribution in [3.63, 3.8) is 0 Å². The quantitative estimate of drug-likeness (QED) is 0.133. The lowest BCUT2D eigenvalue weighted by atomic mass is 9.70. The molecule has 0 amide bonds. The van der Waals surface area contributed by atoms with Crippen LogP contribution in [0, 0.1) is 46.3 Å². The standard InChI is InChI=1S/C33H62/c1-9-13-14-17-29(19-18-27(7)10-2)24-31(26(5)6)33(25-30(33)12-4)21-16-15-20-32(22-23-32)28(8)11-3/h14,17,26-31H,9-13,15-16,18-25H2,1-8H3. The summed E-state index contributed by atoms with van der Waals surface area (Å²) in [5.74, 6) is 5.36. The van der Waals surface area contributed by atoms with Crippen molar-refractivity contribution in [2.24, 2.45) is 46.3 Å². The van der Waals surface area contributed by atoms with Gasteiger partial charge in [0.2, 0.25) is 0 Å². The summed E-state index contributed by atoms with van der Waals surface area (Å²) in [6.07, 6.45) is 26.6. The van der Waals surface area contributed by atoms with Gasteiger partial charge in [0.25, 0.3) is 0 Å². The minimum atomic E-state index is 0.670. The third-order valence-corrected chi connectivity index (χ3v) is 10.6. The lowest BCUT2D eigenvalue weighted by molar-refractivity contribution is 0.156. The third kappa shape index (κ3) is 8.14. The van der Waals surface area contributed by atoms with Gasteiger partial charge < -0.3 is 0 Å². The molecule has 0 N–H and O–H groups in total. The van der Waals surface area contributed by atoms with Crippen molar-refractivity contribution in [1.82, 2.24) is 0 Å². The van der Waals surface area contributed by atoms with Crippen LogP contribution in [-0.2, 0) is 0 Å². The van der Waals surface area contributed by atoms with E-state index < -0.39 is 0 Å². The van der Waals surface area contributed by atoms with Gasteiger partial charge in [-0.3, -0.25) is 0 Å². The van der Waals surface area contributed by atoms with Crippen LogP contribution in [0.1, 0.15) is 152 Å². The second-order valence-electron chi connectivity index (χ2n) is 13.1. The van der Waals surface area contributed by atoms with Gasteiger partial charge in [0.15, 0.2) is 0 Å². The van der Waals surface area contributed by atoms with E-state index in [-0.39, 0.29) is 0 Å². The van der Waals surface area contributed by atoms with Crippen molar-refractivity contribution in [3.8, 4) is 0 Å². The maximum Gasteiger partial charge on any atom is -0.0230 e. The molecule has 6 unspecified atom stereocenters. The Hall–Kier alpha value is -0.260. The number of allylic oxidation sites excluding steroid dienone is 2. The smallest absolute Gasteiger partial charge is 0.0230 e. The molecule has 0 aromatic rings. The van der Waals surface area contributed by atoms with Crippen LogP contribution in [-0.4, -0.2) is 0 Å². The first-order valence-electron chi connectivity index (χ1n) is 15.4. The summed E-state index contributed by atoms with van der Waals surface area (Å²) in [5, 5.41) is 0. The van der Waals surface area contributed by atoms with E-state index >= 15 is 0 Å². The summed E-state index contributed by atoms with van der Waals surface area (Å²) in [6, 6.07) is 0. The van der Waals surface area contributed by atoms with Gasteiger partial charge in [-0.25, -0.2) is 0 Å². The molecule has 2 rings (SSSR count). The molecular weight excluding hydrogens is 396 g/mol. The van der Waals surface area contributed by atoms with E-state index in [1.807, 2.05) is 0 Å². The molecule has 0 aliphatic heterocycles. The number of hydrogen-bond donors (Lipinski definition) is 0. The average Bonchev–Trinajstić information content (AvgIpc) is 3.73. The summed E-state index contributed by atoms with van der Waals surface area (Å²) in [4.78, 5) is 0. The monoisotopic (exact) mass is 458 g/mol. The van der Waals surface area contributed by atoms with Crippen molar-refractivity contribution >= 4 is 0 Å². The maximum absolute atomic E-state index is 2.64. The molecule has 2 aliphatic rings. The van der Waals surface area contributed by atoms with Gasteiger partial charge >= 0.3 is 0 Å². The Balaban J connectivity index is 2.01. The Morgan fingerprint density at radius 1 is 0.879 bits per heavy atom. The van der Waals surface area contributed by atoms with Crippen LogP contribution in [0.15, 0.2) is 12.2 Å². The largest absolute Gasteiger partial charge is 0.0883 e. The fourth-order valence-corrected chi connectivity index (χ4v) is 7.36. The second kappa shape index (κ2) is 13.7. The van der Waals surface area contributed by atoms with Crippen molar-refractivity contribution in [1.29, 1.82) is 0 Å². The van der Waals surface area contributed by atoms with Gasteiger partial charge in [0.05, 0.1) is 0 Å². The highest BCUT2D eigenvalue weighted by molar-refractivity contribution is 5.07. The second-order valence-corrected chi connectivity index (χ2v) is 13.1. The first kappa shape index (κ1) is 29.0. The van der Waals surface area contributed by atoms with E-state index in [2.05, 4.69) is 67.5 Å². The van der Waals surface area contributed by atoms with Crippen molar-refractivity contribution in [2.75, 3.05) is 0 Å². The molecule has 0 heteroatoms. The van der Waals surface area contributed by atoms with Gasteiger partial charge in [0.1, 0.15) is 0 Å². The van der Waals surface area contributed by atoms with Crippen molar-refractivity contribution in [3.05, 3.63) is 12.2 Å². The molecule has 0 heterocycles. The van der Waals surface area contributed by atoms with Gasteiger partial charge in [-0.15, -0.1) is 0 Å². The van der Waals surface area contributed by atoms with E-state index in [1.165, 1.54) is 96.3 Å². The molecule has 0 bridgehead atoms. The molecule has 33 heavy (non-hydrogen) atoms. The van der Waals surface area contributed by atoms with E-state index in [9.17, 15) is 0 Å². The van der Waals surface area contributed by atoms with Crippen LogP contribution in [0.4, 0.5) is 0 Å². The number of unbranched alkanes of at least 4 members (excludes halogenated alkanes) is 2. The molecule has 2 fully saturated rings. The molecule has 2 saturated carbocycles. The fraction of sp³-hybridized carbons (Fsp3) is 0.939. The Morgan fingerprint density at radius 3 is 2.09 bits per heavy atom. The molecule has 2 aliphatic carbocycles. The minimum absolute atomic E-state index is 0.670. The Morgan fingerprint density at radius 2 is 1.58 bits per heavy atom. The third-order valence-electron chi connectivity index (χ3n) is 10.6. The predicted molar refractivity (Wildman–Crippen MR) is 150 cm³/mol. The zero-order valence-electron chi connectivity index (χ0n) is 24.2. The Bertz CT molecular complexity index is 552. The average molecular weight is 459 g/mol. The first-order valence-corrected chi connectivity index (χ1v) is 15.4. The summed E-state index contributed by atoms with van der Waals surface area (Å²) in [7, 11) is 0. The van der Waals surface area contributed by atoms with E-state index in [0.717, 1.165) is 40.9 Å². The lowest BCUT2D eigenvalue weighted by Crippen LogP contribution is -2.26. The first-order chi connectivity index (χ1) is 15.8. The maximum atomic E-state index is 2.64. The van der Waals surface area contributed by atoms with Gasteiger partial charge in [0, 0.05) is 0 Å². The lowest BCUT2D eigenvalue weighted by Gasteiger charge is -2.35. The van der Waals surface area contributed by atoms with Crippen LogP contribution in [0.25, 0.3) is 0 Å². The molecule has 0 saturated heterocycles. The van der Waals surface area contributed by atoms with E-state index in [4.69, 9.17) is 0 Å². The van der Waals surface area contributed by atoms with Crippen LogP contribution < -0.4 is 0 Å². The molecular formula is C33H62. The SMILES string of the molecule is CCCC=CC(CCC(C)CC)CC(C(C)C)C1(CCCCC2(C(C)CC)CC2)CC1CC. The Kier molecular flexibility index (Phi) is 12.1. The van der Waals surface area contributed by atoms with Crippen molar-refractivity contribution in [2.45, 2.75) is 152 Å². The molecule has 0 spiro atoms. The molecule has 0 nitrogen and oxygen atoms in total. The summed E-state index contributed by atoms with van der Waals surface area (Å²) in [6.45, 7) is 19.6. The highest BCUT2D eigenvalue weighted by Gasteiger charge is 2.57. The van der Waals surface area contributed by atoms with Gasteiger partial charge in [-0.2, -0.15) is 0 Å². The number of hydrogen-bond acceptors (Lipinski definition) is 0. The number of rotatable bonds is 19. The fourth-order valence-electron chi connectivity index (χ4n) is 7.36. The summed E-state index contributed by atoms with van der Waals surface area (Å²) >= 11 is 0. The van der Waals surface area contributed by atoms with Crippen LogP contribution in [0.3, 0.4) is 0 Å². The molecule has 0 radical (unpaired) electrons. The van der Waals surface area contributed by atoms with Crippen molar-refractivity contribution < 1.29 is 0 Å². The van der Waals surface area contributed by atoms with Crippen LogP contribution >= 0.6 is 0 Å². The Labute approximate surface area is 210 Å². The molecule has 0 aromatic heterocycles. The zero-order valence-corrected chi connectivity index (χ0v) is 24.2. The molecule has 6 atom stereocenters. The zero-order chi connectivity index (χ0) is 24.5. The topological polar surface area (TPSA) is 0 Å². The van der Waals surface area contributed by atoms with E-state index in [1.54, 1.807) is 0 Å². The minimum Gasteiger partial charge on any atom is -0.0883 e. The van der Waals surface area contributed by atoms with E-state index in [0.29, 0.717) is 5.41 Å². The molecule has 0 aromatic carbocycles. The summed E-state index contributed by atoms with van der Waals surface area (Å²) < 4.78 is 0. The van der Waals surface area contributed by atoms with Crippen LogP contribution in [0.5, 0.6) is 0 Å². The highest BCUT2D eigenvalue weighted by atomic mass is 14.6. The predicted octanol–water partition coefficient (Wildman–Crippen LogP) is 11.3. The van der Waals surface area contributed by atoms with Gasteiger partial charge in [-0.05, 0) is 97.7 Å². The van der Waals surface area contributed by atoms with Crippen LogP contribution in [0.2, 0.25) is 0 Å². The normalized spacial score (nSPS) is 27.6. The highest BCUT2D eigenvalue weighted by Crippen LogP contribution is 2.66. The van der Waals surface area contributed by atoms with Gasteiger partial charge in [-0.1, -0.05) is 112 Å². The summed E-state index contributed by atoms with van der Waals surface area (Å²) in [5.41, 5.74) is 1.42. The molecule has 194 valence electrons.